The van der Waals surface area contributed by atoms with Crippen molar-refractivity contribution in [3.05, 3.63) is 0 Å². The van der Waals surface area contributed by atoms with Gasteiger partial charge >= 0.3 is 0 Å². The fraction of sp³-hybridized carbons (Fsp3) is 1.00. The molecular formula is C11H21N. The van der Waals surface area contributed by atoms with E-state index < -0.39 is 0 Å². The van der Waals surface area contributed by atoms with Crippen molar-refractivity contribution in [1.29, 1.82) is 0 Å². The molecule has 12 heavy (non-hydrogen) atoms. The van der Waals surface area contributed by atoms with E-state index >= 15 is 0 Å². The molecule has 2 aliphatic heterocycles. The Labute approximate surface area is 75.9 Å². The average molecular weight is 167 g/mol. The van der Waals surface area contributed by atoms with Crippen molar-refractivity contribution in [3.63, 3.8) is 0 Å². The van der Waals surface area contributed by atoms with E-state index in [1.807, 2.05) is 0 Å². The summed E-state index contributed by atoms with van der Waals surface area (Å²) >= 11 is 0. The van der Waals surface area contributed by atoms with Gasteiger partial charge in [0.2, 0.25) is 0 Å². The van der Waals surface area contributed by atoms with Gasteiger partial charge in [-0.1, -0.05) is 27.7 Å². The van der Waals surface area contributed by atoms with Crippen molar-refractivity contribution >= 4 is 0 Å². The van der Waals surface area contributed by atoms with Crippen LogP contribution in [0.25, 0.3) is 0 Å². The first kappa shape index (κ1) is 8.55. The van der Waals surface area contributed by atoms with Crippen molar-refractivity contribution in [2.24, 2.45) is 23.7 Å². The van der Waals surface area contributed by atoms with Crippen LogP contribution in [-0.4, -0.2) is 12.1 Å². The van der Waals surface area contributed by atoms with E-state index in [9.17, 15) is 0 Å². The molecule has 1 aliphatic carbocycles. The molecule has 0 aromatic heterocycles. The highest BCUT2D eigenvalue weighted by molar-refractivity contribution is 5.09. The summed E-state index contributed by atoms with van der Waals surface area (Å²) in [6.07, 6.45) is 1.45. The van der Waals surface area contributed by atoms with Gasteiger partial charge in [-0.2, -0.15) is 0 Å². The highest BCUT2D eigenvalue weighted by atomic mass is 15.1. The number of rotatable bonds is 2. The second kappa shape index (κ2) is 2.73. The van der Waals surface area contributed by atoms with Gasteiger partial charge < -0.3 is 5.32 Å². The standard InChI is InChI=1S/C11H21N/c1-6(2)10-8-5-9(12-8)11(10)7(3)4/h6-12H,5H2,1-4H3. The van der Waals surface area contributed by atoms with Gasteiger partial charge in [0.25, 0.3) is 0 Å². The van der Waals surface area contributed by atoms with E-state index in [1.54, 1.807) is 0 Å². The van der Waals surface area contributed by atoms with Crippen LogP contribution in [0, 0.1) is 23.7 Å². The molecular weight excluding hydrogens is 146 g/mol. The summed E-state index contributed by atoms with van der Waals surface area (Å²) in [5.41, 5.74) is 0. The Bertz CT molecular complexity index is 150. The van der Waals surface area contributed by atoms with Crippen LogP contribution in [-0.2, 0) is 0 Å². The van der Waals surface area contributed by atoms with Crippen LogP contribution in [0.1, 0.15) is 34.1 Å². The van der Waals surface area contributed by atoms with E-state index in [4.69, 9.17) is 0 Å². The van der Waals surface area contributed by atoms with Crippen molar-refractivity contribution < 1.29 is 0 Å². The monoisotopic (exact) mass is 167 g/mol. The summed E-state index contributed by atoms with van der Waals surface area (Å²) in [5, 5.41) is 3.68. The summed E-state index contributed by atoms with van der Waals surface area (Å²) in [4.78, 5) is 0. The van der Waals surface area contributed by atoms with Crippen LogP contribution in [0.15, 0.2) is 0 Å². The molecule has 0 amide bonds. The van der Waals surface area contributed by atoms with Crippen LogP contribution in [0.4, 0.5) is 0 Å². The first-order valence-corrected chi connectivity index (χ1v) is 5.37. The fourth-order valence-corrected chi connectivity index (χ4v) is 3.42. The zero-order chi connectivity index (χ0) is 8.88. The SMILES string of the molecule is CC(C)C1C2CC(N2)C1C(C)C. The topological polar surface area (TPSA) is 12.0 Å². The van der Waals surface area contributed by atoms with Gasteiger partial charge in [-0.3, -0.25) is 0 Å². The van der Waals surface area contributed by atoms with E-state index in [0.29, 0.717) is 0 Å². The summed E-state index contributed by atoms with van der Waals surface area (Å²) in [5.74, 6) is 3.63. The lowest BCUT2D eigenvalue weighted by Gasteiger charge is -2.28. The highest BCUT2D eigenvalue weighted by Crippen LogP contribution is 2.47. The third-order valence-corrected chi connectivity index (χ3v) is 3.85. The maximum atomic E-state index is 3.68. The van der Waals surface area contributed by atoms with Crippen molar-refractivity contribution in [3.8, 4) is 0 Å². The molecule has 3 fully saturated rings. The molecule has 2 heterocycles. The van der Waals surface area contributed by atoms with Crippen LogP contribution in [0.5, 0.6) is 0 Å². The van der Waals surface area contributed by atoms with Gasteiger partial charge in [0, 0.05) is 12.1 Å². The second-order valence-electron chi connectivity index (χ2n) is 5.26. The van der Waals surface area contributed by atoms with E-state index in [2.05, 4.69) is 33.0 Å². The molecule has 2 saturated heterocycles. The Balaban J connectivity index is 2.11. The maximum Gasteiger partial charge on any atom is 0.0119 e. The Hall–Kier alpha value is -0.0400. The lowest BCUT2D eigenvalue weighted by Crippen LogP contribution is -2.46. The van der Waals surface area contributed by atoms with Gasteiger partial charge in [-0.15, -0.1) is 0 Å². The molecule has 1 heteroatoms. The zero-order valence-corrected chi connectivity index (χ0v) is 8.67. The Morgan fingerprint density at radius 3 is 1.50 bits per heavy atom. The highest BCUT2D eigenvalue weighted by Gasteiger charge is 2.53. The molecule has 70 valence electrons. The summed E-state index contributed by atoms with van der Waals surface area (Å²) < 4.78 is 0. The molecule has 0 aromatic rings. The Morgan fingerprint density at radius 2 is 1.25 bits per heavy atom. The summed E-state index contributed by atoms with van der Waals surface area (Å²) in [7, 11) is 0. The van der Waals surface area contributed by atoms with E-state index in [1.165, 1.54) is 6.42 Å². The minimum atomic E-state index is 0.863. The third kappa shape index (κ3) is 1.02. The second-order valence-corrected chi connectivity index (χ2v) is 5.26. The number of fused-ring (bicyclic) bond motifs is 1. The minimum Gasteiger partial charge on any atom is -0.311 e. The number of nitrogens with one attached hydrogen (secondary N) is 1. The largest absolute Gasteiger partial charge is 0.311 e. The van der Waals surface area contributed by atoms with Crippen molar-refractivity contribution in [2.75, 3.05) is 0 Å². The van der Waals surface area contributed by atoms with E-state index in [0.717, 1.165) is 35.8 Å². The predicted octanol–water partition coefficient (Wildman–Crippen LogP) is 2.27. The van der Waals surface area contributed by atoms with Crippen molar-refractivity contribution in [1.82, 2.24) is 5.32 Å². The first-order chi connectivity index (χ1) is 5.61. The Kier molecular flexibility index (Phi) is 1.95. The van der Waals surface area contributed by atoms with Gasteiger partial charge in [0.15, 0.2) is 0 Å². The normalized spacial score (nSPS) is 45.5. The zero-order valence-electron chi connectivity index (χ0n) is 8.67. The summed E-state index contributed by atoms with van der Waals surface area (Å²) in [6, 6.07) is 1.73. The third-order valence-electron chi connectivity index (χ3n) is 3.85. The minimum absolute atomic E-state index is 0.863. The quantitative estimate of drug-likeness (QED) is 0.665. The molecule has 3 rings (SSSR count). The lowest BCUT2D eigenvalue weighted by atomic mass is 9.80. The lowest BCUT2D eigenvalue weighted by molar-refractivity contribution is 0.255. The molecule has 4 unspecified atom stereocenters. The molecule has 2 bridgehead atoms. The summed E-state index contributed by atoms with van der Waals surface area (Å²) in [6.45, 7) is 9.51. The molecule has 3 aliphatic rings. The van der Waals surface area contributed by atoms with Gasteiger partial charge in [-0.25, -0.2) is 0 Å². The molecule has 1 nitrogen and oxygen atoms in total. The van der Waals surface area contributed by atoms with Crippen LogP contribution in [0.2, 0.25) is 0 Å². The molecule has 0 aromatic carbocycles. The molecule has 1 N–H and O–H groups in total. The number of hydrogen-bond acceptors (Lipinski definition) is 1. The molecule has 0 spiro atoms. The van der Waals surface area contributed by atoms with Crippen LogP contribution in [0.3, 0.4) is 0 Å². The average Bonchev–Trinajstić information content (AvgIpc) is 2.34. The van der Waals surface area contributed by atoms with Crippen molar-refractivity contribution in [2.45, 2.75) is 46.2 Å². The maximum absolute atomic E-state index is 3.68. The molecule has 1 saturated carbocycles. The molecule has 0 radical (unpaired) electrons. The molecule has 4 atom stereocenters. The van der Waals surface area contributed by atoms with Gasteiger partial charge in [-0.05, 0) is 30.1 Å². The van der Waals surface area contributed by atoms with Crippen LogP contribution >= 0.6 is 0 Å². The Morgan fingerprint density at radius 1 is 0.917 bits per heavy atom. The number of hydrogen-bond donors (Lipinski definition) is 1. The van der Waals surface area contributed by atoms with E-state index in [-0.39, 0.29) is 0 Å². The predicted molar refractivity (Wildman–Crippen MR) is 52.0 cm³/mol. The first-order valence-electron chi connectivity index (χ1n) is 5.37. The van der Waals surface area contributed by atoms with Gasteiger partial charge in [0.1, 0.15) is 0 Å². The fourth-order valence-electron chi connectivity index (χ4n) is 3.42. The van der Waals surface area contributed by atoms with Gasteiger partial charge in [0.05, 0.1) is 0 Å². The van der Waals surface area contributed by atoms with Crippen LogP contribution < -0.4 is 5.32 Å². The smallest absolute Gasteiger partial charge is 0.0119 e.